The van der Waals surface area contributed by atoms with Crippen LogP contribution in [-0.2, 0) is 31.2 Å². The van der Waals surface area contributed by atoms with Crippen LogP contribution in [0.15, 0.2) is 12.2 Å². The van der Waals surface area contributed by atoms with Gasteiger partial charge < -0.3 is 10.2 Å². The zero-order valence-electron chi connectivity index (χ0n) is 21.3. The van der Waals surface area contributed by atoms with E-state index in [0.29, 0.717) is 12.8 Å². The molecule has 0 bridgehead atoms. The van der Waals surface area contributed by atoms with E-state index in [1.54, 1.807) is 27.7 Å². The van der Waals surface area contributed by atoms with Gasteiger partial charge >= 0.3 is 11.9 Å². The average molecular weight is 517 g/mol. The Morgan fingerprint density at radius 3 is 1.38 bits per heavy atom. The molecule has 0 aromatic rings. The second-order valence-corrected chi connectivity index (χ2v) is 15.2. The van der Waals surface area contributed by atoms with Crippen LogP contribution in [0.2, 0.25) is 0 Å². The van der Waals surface area contributed by atoms with E-state index in [0.717, 1.165) is 64.2 Å². The molecular formula is C26H44O6S2. The number of carboxylic acids is 2. The lowest BCUT2D eigenvalue weighted by molar-refractivity contribution is -0.148. The van der Waals surface area contributed by atoms with E-state index in [2.05, 4.69) is 0 Å². The Labute approximate surface area is 210 Å². The predicted molar refractivity (Wildman–Crippen MR) is 139 cm³/mol. The maximum atomic E-state index is 12.9. The topological polar surface area (TPSA) is 109 Å². The van der Waals surface area contributed by atoms with Crippen molar-refractivity contribution in [2.75, 3.05) is 0 Å². The highest BCUT2D eigenvalue weighted by atomic mass is 32.2. The van der Waals surface area contributed by atoms with Crippen LogP contribution in [0.4, 0.5) is 0 Å². The fourth-order valence-electron chi connectivity index (χ4n) is 4.87. The Hall–Kier alpha value is -1.02. The fourth-order valence-corrected chi connectivity index (χ4v) is 8.62. The van der Waals surface area contributed by atoms with Gasteiger partial charge in [0.25, 0.3) is 0 Å². The van der Waals surface area contributed by atoms with Gasteiger partial charge in [-0.15, -0.1) is 0 Å². The van der Waals surface area contributed by atoms with Crippen LogP contribution in [0.25, 0.3) is 0 Å². The minimum atomic E-state index is -0.920. The maximum Gasteiger partial charge on any atom is 0.309 e. The number of carbonyl (C=O) groups is 2. The van der Waals surface area contributed by atoms with Crippen molar-refractivity contribution in [3.63, 3.8) is 0 Å². The molecule has 34 heavy (non-hydrogen) atoms. The zero-order valence-corrected chi connectivity index (χ0v) is 22.9. The largest absolute Gasteiger partial charge is 0.481 e. The SMILES string of the molecule is CC(C)(CCCCC1CCC(C=CC2CCC(CCCCC(C)(C)C(=O)O)S2=O)S1=O)C(=O)O. The summed E-state index contributed by atoms with van der Waals surface area (Å²) in [5.74, 6) is -1.54. The van der Waals surface area contributed by atoms with E-state index in [1.807, 2.05) is 12.2 Å². The normalized spacial score (nSPS) is 30.2. The van der Waals surface area contributed by atoms with Crippen molar-refractivity contribution >= 4 is 33.5 Å². The van der Waals surface area contributed by atoms with Crippen LogP contribution >= 0.6 is 0 Å². The van der Waals surface area contributed by atoms with Crippen molar-refractivity contribution in [2.45, 2.75) is 126 Å². The molecule has 2 rings (SSSR count). The van der Waals surface area contributed by atoms with E-state index in [-0.39, 0.29) is 21.0 Å². The van der Waals surface area contributed by atoms with Crippen LogP contribution in [0.5, 0.6) is 0 Å². The molecule has 2 aliphatic heterocycles. The molecular weight excluding hydrogens is 472 g/mol. The molecule has 0 amide bonds. The summed E-state index contributed by atoms with van der Waals surface area (Å²) in [5.41, 5.74) is -1.41. The zero-order chi connectivity index (χ0) is 25.5. The van der Waals surface area contributed by atoms with Gasteiger partial charge in [0, 0.05) is 32.1 Å². The Morgan fingerprint density at radius 2 is 1.06 bits per heavy atom. The summed E-state index contributed by atoms with van der Waals surface area (Å²) >= 11 is 0. The van der Waals surface area contributed by atoms with E-state index in [1.165, 1.54) is 0 Å². The smallest absolute Gasteiger partial charge is 0.309 e. The minimum absolute atomic E-state index is 0.0368. The molecule has 0 radical (unpaired) electrons. The maximum absolute atomic E-state index is 12.9. The number of hydrogen-bond acceptors (Lipinski definition) is 4. The lowest BCUT2D eigenvalue weighted by Crippen LogP contribution is -2.23. The predicted octanol–water partition coefficient (Wildman–Crippen LogP) is 5.44. The van der Waals surface area contributed by atoms with Crippen molar-refractivity contribution < 1.29 is 28.2 Å². The number of hydrogen-bond donors (Lipinski definition) is 2. The highest BCUT2D eigenvalue weighted by molar-refractivity contribution is 7.87. The van der Waals surface area contributed by atoms with E-state index in [9.17, 15) is 28.2 Å². The van der Waals surface area contributed by atoms with Gasteiger partial charge in [-0.3, -0.25) is 18.0 Å². The van der Waals surface area contributed by atoms with Crippen molar-refractivity contribution in [2.24, 2.45) is 10.8 Å². The first kappa shape index (κ1) is 29.2. The van der Waals surface area contributed by atoms with Crippen molar-refractivity contribution in [3.8, 4) is 0 Å². The quantitative estimate of drug-likeness (QED) is 0.235. The molecule has 6 nitrogen and oxygen atoms in total. The lowest BCUT2D eigenvalue weighted by atomic mass is 9.87. The van der Waals surface area contributed by atoms with Crippen molar-refractivity contribution in [1.82, 2.24) is 0 Å². The van der Waals surface area contributed by atoms with Gasteiger partial charge in [-0.1, -0.05) is 37.8 Å². The fraction of sp³-hybridized carbons (Fsp3) is 0.846. The average Bonchev–Trinajstić information content (AvgIpc) is 3.29. The van der Waals surface area contributed by atoms with Crippen LogP contribution in [0.3, 0.4) is 0 Å². The summed E-state index contributed by atoms with van der Waals surface area (Å²) in [6, 6.07) is 0. The lowest BCUT2D eigenvalue weighted by Gasteiger charge is -2.19. The Bertz CT molecular complexity index is 724. The van der Waals surface area contributed by atoms with E-state index >= 15 is 0 Å². The van der Waals surface area contributed by atoms with Gasteiger partial charge in [0.1, 0.15) is 0 Å². The number of rotatable bonds is 14. The second kappa shape index (κ2) is 12.8. The molecule has 6 unspecified atom stereocenters. The highest BCUT2D eigenvalue weighted by Gasteiger charge is 2.34. The van der Waals surface area contributed by atoms with Gasteiger partial charge in [0.05, 0.1) is 21.3 Å². The first-order valence-electron chi connectivity index (χ1n) is 12.8. The van der Waals surface area contributed by atoms with E-state index in [4.69, 9.17) is 0 Å². The first-order valence-corrected chi connectivity index (χ1v) is 15.3. The molecule has 0 aliphatic carbocycles. The Morgan fingerprint density at radius 1 is 0.706 bits per heavy atom. The molecule has 2 saturated heterocycles. The van der Waals surface area contributed by atoms with Gasteiger partial charge in [0.15, 0.2) is 0 Å². The highest BCUT2D eigenvalue weighted by Crippen LogP contribution is 2.33. The first-order chi connectivity index (χ1) is 15.8. The molecule has 2 aliphatic rings. The van der Waals surface area contributed by atoms with Crippen LogP contribution in [0, 0.1) is 10.8 Å². The van der Waals surface area contributed by atoms with Gasteiger partial charge in [-0.2, -0.15) is 0 Å². The molecule has 0 aromatic heterocycles. The third-order valence-electron chi connectivity index (χ3n) is 7.65. The standard InChI is InChI=1S/C26H44O6S2/c1-25(2,23(27)28)17-7-5-9-19-11-13-21(33(19)31)15-16-22-14-12-20(34(22)32)10-6-8-18-26(3,4)24(29)30/h15-16,19-22H,5-14,17-18H2,1-4H3,(H,27,28)(H,29,30). The molecule has 8 heteroatoms. The molecule has 0 aromatic carbocycles. The summed E-state index contributed by atoms with van der Waals surface area (Å²) in [6.45, 7) is 7.01. The van der Waals surface area contributed by atoms with Gasteiger partial charge in [-0.05, 0) is 79.1 Å². The minimum Gasteiger partial charge on any atom is -0.481 e. The molecule has 0 saturated carbocycles. The molecule has 0 spiro atoms. The summed E-state index contributed by atoms with van der Waals surface area (Å²) < 4.78 is 25.8. The summed E-state index contributed by atoms with van der Waals surface area (Å²) in [6.07, 6.45) is 14.3. The molecule has 2 N–H and O–H groups in total. The molecule has 2 heterocycles. The number of unbranched alkanes of at least 4 members (excludes halogenated alkanes) is 2. The third kappa shape index (κ3) is 8.28. The summed E-state index contributed by atoms with van der Waals surface area (Å²) in [7, 11) is -1.84. The van der Waals surface area contributed by atoms with Gasteiger partial charge in [-0.25, -0.2) is 0 Å². The second-order valence-electron chi connectivity index (χ2n) is 11.4. The summed E-state index contributed by atoms with van der Waals surface area (Å²) in [5, 5.41) is 18.9. The number of aliphatic carboxylic acids is 2. The van der Waals surface area contributed by atoms with Gasteiger partial charge in [0.2, 0.25) is 0 Å². The molecule has 2 fully saturated rings. The van der Waals surface area contributed by atoms with Crippen molar-refractivity contribution in [3.05, 3.63) is 12.2 Å². The van der Waals surface area contributed by atoms with Crippen molar-refractivity contribution in [1.29, 1.82) is 0 Å². The monoisotopic (exact) mass is 516 g/mol. The Balaban J connectivity index is 1.71. The number of carboxylic acid groups (broad SMARTS) is 2. The van der Waals surface area contributed by atoms with E-state index < -0.39 is 44.4 Å². The van der Waals surface area contributed by atoms with Crippen LogP contribution in [0.1, 0.15) is 105 Å². The van der Waals surface area contributed by atoms with Crippen LogP contribution in [-0.4, -0.2) is 51.6 Å². The molecule has 6 atom stereocenters. The molecule has 196 valence electrons. The summed E-state index contributed by atoms with van der Waals surface area (Å²) in [4.78, 5) is 22.4. The Kier molecular flexibility index (Phi) is 11.0. The third-order valence-corrected chi connectivity index (χ3v) is 11.9. The van der Waals surface area contributed by atoms with Crippen LogP contribution < -0.4 is 0 Å².